The van der Waals surface area contributed by atoms with E-state index in [1.54, 1.807) is 49.6 Å². The maximum atomic E-state index is 12.1. The molecule has 3 aromatic rings. The van der Waals surface area contributed by atoms with E-state index in [-0.39, 0.29) is 12.2 Å². The standard InChI is InChI=1S/C16H13ClN2O3/c1-21-12-6-7-14-13(8-12)16(20)19-15(18-14)9-22-11-4-2-10(17)3-5-11/h2-8H,9H2,1H3,(H,18,19,20). The van der Waals surface area contributed by atoms with Crippen molar-refractivity contribution >= 4 is 22.5 Å². The van der Waals surface area contributed by atoms with Crippen LogP contribution in [0.4, 0.5) is 0 Å². The molecule has 0 saturated heterocycles. The molecule has 112 valence electrons. The topological polar surface area (TPSA) is 64.2 Å². The van der Waals surface area contributed by atoms with Crippen LogP contribution in [0, 0.1) is 0 Å². The first-order valence-electron chi connectivity index (χ1n) is 6.61. The van der Waals surface area contributed by atoms with Gasteiger partial charge in [-0.25, -0.2) is 4.98 Å². The number of halogens is 1. The number of ether oxygens (including phenoxy) is 2. The molecule has 0 fully saturated rings. The second-order valence-electron chi connectivity index (χ2n) is 4.64. The van der Waals surface area contributed by atoms with Gasteiger partial charge >= 0.3 is 0 Å². The second-order valence-corrected chi connectivity index (χ2v) is 5.07. The van der Waals surface area contributed by atoms with Crippen molar-refractivity contribution in [2.24, 2.45) is 0 Å². The third kappa shape index (κ3) is 3.04. The molecular formula is C16H13ClN2O3. The van der Waals surface area contributed by atoms with Gasteiger partial charge in [-0.2, -0.15) is 0 Å². The lowest BCUT2D eigenvalue weighted by molar-refractivity contribution is 0.296. The van der Waals surface area contributed by atoms with Gasteiger partial charge in [0.2, 0.25) is 0 Å². The van der Waals surface area contributed by atoms with Crippen molar-refractivity contribution in [3.8, 4) is 11.5 Å². The average molecular weight is 317 g/mol. The molecule has 0 amide bonds. The fraction of sp³-hybridized carbons (Fsp3) is 0.125. The summed E-state index contributed by atoms with van der Waals surface area (Å²) in [6, 6.07) is 12.1. The molecule has 0 aliphatic rings. The van der Waals surface area contributed by atoms with Crippen LogP contribution in [-0.4, -0.2) is 17.1 Å². The zero-order chi connectivity index (χ0) is 15.5. The highest BCUT2D eigenvalue weighted by Crippen LogP contribution is 2.18. The summed E-state index contributed by atoms with van der Waals surface area (Å²) in [5.74, 6) is 1.73. The molecule has 3 rings (SSSR count). The van der Waals surface area contributed by atoms with E-state index in [4.69, 9.17) is 21.1 Å². The molecular weight excluding hydrogens is 304 g/mol. The Balaban J connectivity index is 1.85. The van der Waals surface area contributed by atoms with Gasteiger partial charge in [-0.3, -0.25) is 4.79 Å². The number of hydrogen-bond acceptors (Lipinski definition) is 4. The molecule has 0 aliphatic heterocycles. The van der Waals surface area contributed by atoms with Crippen molar-refractivity contribution in [2.75, 3.05) is 7.11 Å². The zero-order valence-corrected chi connectivity index (χ0v) is 12.6. The highest BCUT2D eigenvalue weighted by atomic mass is 35.5. The largest absolute Gasteiger partial charge is 0.497 e. The third-order valence-electron chi connectivity index (χ3n) is 3.15. The average Bonchev–Trinajstić information content (AvgIpc) is 2.54. The predicted octanol–water partition coefficient (Wildman–Crippen LogP) is 3.16. The van der Waals surface area contributed by atoms with Crippen molar-refractivity contribution < 1.29 is 9.47 Å². The Morgan fingerprint density at radius 1 is 1.14 bits per heavy atom. The van der Waals surface area contributed by atoms with E-state index in [0.717, 1.165) is 0 Å². The molecule has 6 heteroatoms. The number of nitrogens with one attached hydrogen (secondary N) is 1. The summed E-state index contributed by atoms with van der Waals surface area (Å²) in [6.45, 7) is 0.166. The van der Waals surface area contributed by atoms with E-state index in [2.05, 4.69) is 9.97 Å². The van der Waals surface area contributed by atoms with Crippen molar-refractivity contribution in [1.82, 2.24) is 9.97 Å². The fourth-order valence-electron chi connectivity index (χ4n) is 2.04. The number of rotatable bonds is 4. The molecule has 2 aromatic carbocycles. The zero-order valence-electron chi connectivity index (χ0n) is 11.8. The molecule has 0 spiro atoms. The third-order valence-corrected chi connectivity index (χ3v) is 3.40. The van der Waals surface area contributed by atoms with Crippen LogP contribution < -0.4 is 15.0 Å². The Kier molecular flexibility index (Phi) is 3.98. The van der Waals surface area contributed by atoms with Gasteiger partial charge in [0.05, 0.1) is 18.0 Å². The molecule has 0 atom stereocenters. The van der Waals surface area contributed by atoms with Gasteiger partial charge in [0.1, 0.15) is 23.9 Å². The Bertz CT molecular complexity index is 859. The van der Waals surface area contributed by atoms with E-state index in [0.29, 0.717) is 33.2 Å². The SMILES string of the molecule is COc1ccc2nc(COc3ccc(Cl)cc3)[nH]c(=O)c2c1. The van der Waals surface area contributed by atoms with Crippen LogP contribution in [-0.2, 0) is 6.61 Å². The fourth-order valence-corrected chi connectivity index (χ4v) is 2.17. The van der Waals surface area contributed by atoms with E-state index in [1.165, 1.54) is 0 Å². The molecule has 0 saturated carbocycles. The van der Waals surface area contributed by atoms with E-state index < -0.39 is 0 Å². The lowest BCUT2D eigenvalue weighted by Crippen LogP contribution is -2.13. The highest BCUT2D eigenvalue weighted by Gasteiger charge is 2.06. The summed E-state index contributed by atoms with van der Waals surface area (Å²) in [6.07, 6.45) is 0. The minimum absolute atomic E-state index is 0.166. The Morgan fingerprint density at radius 2 is 1.86 bits per heavy atom. The van der Waals surface area contributed by atoms with Gasteiger partial charge in [0.25, 0.3) is 5.56 Å². The van der Waals surface area contributed by atoms with Gasteiger partial charge in [-0.05, 0) is 42.5 Å². The van der Waals surface area contributed by atoms with Gasteiger partial charge in [-0.1, -0.05) is 11.6 Å². The van der Waals surface area contributed by atoms with Gasteiger partial charge in [0.15, 0.2) is 0 Å². The van der Waals surface area contributed by atoms with Crippen LogP contribution in [0.5, 0.6) is 11.5 Å². The summed E-state index contributed by atoms with van der Waals surface area (Å²) in [5.41, 5.74) is 0.373. The maximum Gasteiger partial charge on any atom is 0.258 e. The summed E-state index contributed by atoms with van der Waals surface area (Å²) >= 11 is 5.81. The monoisotopic (exact) mass is 316 g/mol. The van der Waals surface area contributed by atoms with E-state index >= 15 is 0 Å². The first kappa shape index (κ1) is 14.4. The number of aromatic nitrogens is 2. The van der Waals surface area contributed by atoms with Crippen molar-refractivity contribution in [3.05, 3.63) is 63.7 Å². The van der Waals surface area contributed by atoms with Crippen molar-refractivity contribution in [1.29, 1.82) is 0 Å². The highest BCUT2D eigenvalue weighted by molar-refractivity contribution is 6.30. The minimum atomic E-state index is -0.224. The lowest BCUT2D eigenvalue weighted by atomic mass is 10.2. The van der Waals surface area contributed by atoms with Gasteiger partial charge in [0, 0.05) is 5.02 Å². The van der Waals surface area contributed by atoms with Crippen molar-refractivity contribution in [2.45, 2.75) is 6.61 Å². The van der Waals surface area contributed by atoms with Gasteiger partial charge < -0.3 is 14.5 Å². The van der Waals surface area contributed by atoms with Crippen LogP contribution in [0.1, 0.15) is 5.82 Å². The number of fused-ring (bicyclic) bond motifs is 1. The number of benzene rings is 2. The smallest absolute Gasteiger partial charge is 0.258 e. The minimum Gasteiger partial charge on any atom is -0.497 e. The second kappa shape index (κ2) is 6.07. The Hall–Kier alpha value is -2.53. The summed E-state index contributed by atoms with van der Waals surface area (Å²) in [4.78, 5) is 19.2. The summed E-state index contributed by atoms with van der Waals surface area (Å²) in [7, 11) is 1.55. The molecule has 0 unspecified atom stereocenters. The Labute approximate surface area is 131 Å². The first-order chi connectivity index (χ1) is 10.7. The molecule has 0 bridgehead atoms. The van der Waals surface area contributed by atoms with Crippen molar-refractivity contribution in [3.63, 3.8) is 0 Å². The number of nitrogens with zero attached hydrogens (tertiary/aromatic N) is 1. The van der Waals surface area contributed by atoms with Crippen LogP contribution in [0.3, 0.4) is 0 Å². The van der Waals surface area contributed by atoms with E-state index in [1.807, 2.05) is 0 Å². The number of methoxy groups -OCH3 is 1. The van der Waals surface area contributed by atoms with Crippen LogP contribution in [0.25, 0.3) is 10.9 Å². The lowest BCUT2D eigenvalue weighted by Gasteiger charge is -2.07. The molecule has 1 aromatic heterocycles. The molecule has 0 aliphatic carbocycles. The van der Waals surface area contributed by atoms with E-state index in [9.17, 15) is 4.79 Å². The Morgan fingerprint density at radius 3 is 2.59 bits per heavy atom. The maximum absolute atomic E-state index is 12.1. The molecule has 0 radical (unpaired) electrons. The van der Waals surface area contributed by atoms with Gasteiger partial charge in [-0.15, -0.1) is 0 Å². The number of H-pyrrole nitrogens is 1. The molecule has 1 heterocycles. The molecule has 1 N–H and O–H groups in total. The molecule has 5 nitrogen and oxygen atoms in total. The summed E-state index contributed by atoms with van der Waals surface area (Å²) in [5, 5.41) is 1.12. The predicted molar refractivity (Wildman–Crippen MR) is 84.7 cm³/mol. The normalized spacial score (nSPS) is 10.6. The molecule has 22 heavy (non-hydrogen) atoms. The van der Waals surface area contributed by atoms with Crippen LogP contribution in [0.15, 0.2) is 47.3 Å². The quantitative estimate of drug-likeness (QED) is 0.803. The van der Waals surface area contributed by atoms with Crippen LogP contribution in [0.2, 0.25) is 5.02 Å². The number of aromatic amines is 1. The number of hydrogen-bond donors (Lipinski definition) is 1. The summed E-state index contributed by atoms with van der Waals surface area (Å²) < 4.78 is 10.7. The van der Waals surface area contributed by atoms with Crippen LogP contribution >= 0.6 is 11.6 Å². The first-order valence-corrected chi connectivity index (χ1v) is 6.99.